The lowest BCUT2D eigenvalue weighted by Crippen LogP contribution is -2.01. The molecule has 1 aromatic rings. The molecule has 0 heterocycles. The molecule has 0 spiro atoms. The fraction of sp³-hybridized carbons (Fsp3) is 0.235. The summed E-state index contributed by atoms with van der Waals surface area (Å²) in [4.78, 5) is 12.0. The number of carbonyl (C=O) groups is 1. The number of rotatable bonds is 5. The summed E-state index contributed by atoms with van der Waals surface area (Å²) in [6, 6.07) is 7.65. The lowest BCUT2D eigenvalue weighted by atomic mass is 10.0. The highest BCUT2D eigenvalue weighted by molar-refractivity contribution is 6.10. The molecule has 0 aliphatic carbocycles. The maximum Gasteiger partial charge on any atom is 0.192 e. The van der Waals surface area contributed by atoms with E-state index in [9.17, 15) is 4.79 Å². The molecule has 1 heteroatoms. The smallest absolute Gasteiger partial charge is 0.192 e. The number of Topliss-reactive ketones (excluding diaryl/α,β-unsaturated/α-hetero) is 1. The molecule has 0 atom stereocenters. The van der Waals surface area contributed by atoms with E-state index >= 15 is 0 Å². The van der Waals surface area contributed by atoms with E-state index in [4.69, 9.17) is 0 Å². The summed E-state index contributed by atoms with van der Waals surface area (Å²) in [5.41, 5.74) is 2.48. The van der Waals surface area contributed by atoms with Crippen LogP contribution in [0.25, 0.3) is 0 Å². The number of carbonyl (C=O) groups excluding carboxylic acids is 1. The molecule has 1 rings (SSSR count). The summed E-state index contributed by atoms with van der Waals surface area (Å²) in [5, 5.41) is 0. The van der Waals surface area contributed by atoms with Gasteiger partial charge in [0.2, 0.25) is 0 Å². The summed E-state index contributed by atoms with van der Waals surface area (Å²) in [6.07, 6.45) is 5.79. The number of hydrogen-bond donors (Lipinski definition) is 0. The molecular formula is C17H22O. The molecule has 0 unspecified atom stereocenters. The van der Waals surface area contributed by atoms with Gasteiger partial charge in [-0.1, -0.05) is 76.4 Å². The summed E-state index contributed by atoms with van der Waals surface area (Å²) >= 11 is 0. The summed E-state index contributed by atoms with van der Waals surface area (Å²) in [5.74, 6) is -0.0162. The molecule has 1 nitrogen and oxygen atoms in total. The van der Waals surface area contributed by atoms with Crippen LogP contribution in [0.1, 0.15) is 36.7 Å². The van der Waals surface area contributed by atoms with Crippen LogP contribution in [-0.4, -0.2) is 5.78 Å². The van der Waals surface area contributed by atoms with Gasteiger partial charge in [0.15, 0.2) is 5.78 Å². The highest BCUT2D eigenvalue weighted by atomic mass is 16.1. The lowest BCUT2D eigenvalue weighted by Gasteiger charge is -2.02. The van der Waals surface area contributed by atoms with Crippen molar-refractivity contribution in [3.05, 3.63) is 72.4 Å². The standard InChI is InChI=1S/C15H16O.C2H6/c1-4-7-13(6-3)15(16)14-10-8-12(5-2)9-11-14;1-2/h4,6-11H,1,3,5H2,2H3;1-2H3/b13-7+;. The van der Waals surface area contributed by atoms with Crippen LogP contribution in [0.5, 0.6) is 0 Å². The average molecular weight is 242 g/mol. The van der Waals surface area contributed by atoms with Crippen molar-refractivity contribution in [2.75, 3.05) is 0 Å². The minimum atomic E-state index is -0.0162. The van der Waals surface area contributed by atoms with Crippen molar-refractivity contribution in [1.29, 1.82) is 0 Å². The normalized spacial score (nSPS) is 10.1. The second-order valence-electron chi connectivity index (χ2n) is 3.44. The Morgan fingerprint density at radius 1 is 1.17 bits per heavy atom. The fourth-order valence-corrected chi connectivity index (χ4v) is 1.42. The van der Waals surface area contributed by atoms with Crippen molar-refractivity contribution < 1.29 is 4.79 Å². The Morgan fingerprint density at radius 2 is 1.72 bits per heavy atom. The van der Waals surface area contributed by atoms with Crippen molar-refractivity contribution in [1.82, 2.24) is 0 Å². The Hall–Kier alpha value is -1.89. The fourth-order valence-electron chi connectivity index (χ4n) is 1.42. The van der Waals surface area contributed by atoms with E-state index in [2.05, 4.69) is 20.1 Å². The molecule has 0 aliphatic heterocycles. The predicted molar refractivity (Wildman–Crippen MR) is 80.0 cm³/mol. The number of hydrogen-bond acceptors (Lipinski definition) is 1. The number of benzene rings is 1. The molecule has 0 fully saturated rings. The van der Waals surface area contributed by atoms with E-state index in [-0.39, 0.29) is 5.78 Å². The topological polar surface area (TPSA) is 17.1 Å². The van der Waals surface area contributed by atoms with Crippen molar-refractivity contribution in [2.45, 2.75) is 27.2 Å². The summed E-state index contributed by atoms with van der Waals surface area (Å²) < 4.78 is 0. The van der Waals surface area contributed by atoms with Gasteiger partial charge < -0.3 is 0 Å². The van der Waals surface area contributed by atoms with Gasteiger partial charge in [-0.2, -0.15) is 0 Å². The molecule has 96 valence electrons. The molecule has 1 aromatic carbocycles. The molecule has 0 aromatic heterocycles. The van der Waals surface area contributed by atoms with Gasteiger partial charge >= 0.3 is 0 Å². The quantitative estimate of drug-likeness (QED) is 0.413. The summed E-state index contributed by atoms with van der Waals surface area (Å²) in [7, 11) is 0. The molecule has 18 heavy (non-hydrogen) atoms. The Kier molecular flexibility index (Phi) is 8.21. The maximum atomic E-state index is 12.0. The van der Waals surface area contributed by atoms with E-state index in [0.717, 1.165) is 6.42 Å². The first kappa shape index (κ1) is 16.1. The molecule has 0 aliphatic rings. The molecular weight excluding hydrogens is 220 g/mol. The molecule has 0 amide bonds. The van der Waals surface area contributed by atoms with E-state index < -0.39 is 0 Å². The van der Waals surface area contributed by atoms with Crippen LogP contribution in [0.4, 0.5) is 0 Å². The largest absolute Gasteiger partial charge is 0.289 e. The highest BCUT2D eigenvalue weighted by Crippen LogP contribution is 2.11. The van der Waals surface area contributed by atoms with Crippen molar-refractivity contribution in [3.8, 4) is 0 Å². The van der Waals surface area contributed by atoms with Crippen LogP contribution >= 0.6 is 0 Å². The number of aryl methyl sites for hydroxylation is 1. The molecule has 0 saturated heterocycles. The van der Waals surface area contributed by atoms with Crippen molar-refractivity contribution in [3.63, 3.8) is 0 Å². The van der Waals surface area contributed by atoms with Crippen LogP contribution in [0.2, 0.25) is 0 Å². The van der Waals surface area contributed by atoms with Gasteiger partial charge in [0.1, 0.15) is 0 Å². The molecule has 0 bridgehead atoms. The van der Waals surface area contributed by atoms with E-state index in [1.807, 2.05) is 38.1 Å². The van der Waals surface area contributed by atoms with E-state index in [1.165, 1.54) is 5.56 Å². The van der Waals surface area contributed by atoms with Crippen LogP contribution < -0.4 is 0 Å². The lowest BCUT2D eigenvalue weighted by molar-refractivity contribution is 0.103. The van der Waals surface area contributed by atoms with Crippen LogP contribution in [-0.2, 0) is 6.42 Å². The Morgan fingerprint density at radius 3 is 2.11 bits per heavy atom. The second-order valence-corrected chi connectivity index (χ2v) is 3.44. The third-order valence-electron chi connectivity index (χ3n) is 2.40. The van der Waals surface area contributed by atoms with Crippen molar-refractivity contribution >= 4 is 5.78 Å². The zero-order valence-electron chi connectivity index (χ0n) is 11.6. The van der Waals surface area contributed by atoms with E-state index in [0.29, 0.717) is 11.1 Å². The van der Waals surface area contributed by atoms with Crippen LogP contribution in [0, 0.1) is 0 Å². The minimum Gasteiger partial charge on any atom is -0.289 e. The zero-order valence-corrected chi connectivity index (χ0v) is 11.6. The first-order valence-electron chi connectivity index (χ1n) is 6.31. The molecule has 0 saturated carbocycles. The van der Waals surface area contributed by atoms with Crippen LogP contribution in [0.15, 0.2) is 61.2 Å². The first-order chi connectivity index (χ1) is 8.72. The minimum absolute atomic E-state index is 0.0162. The first-order valence-corrected chi connectivity index (χ1v) is 6.31. The average Bonchev–Trinajstić information content (AvgIpc) is 2.46. The van der Waals surface area contributed by atoms with Crippen LogP contribution in [0.3, 0.4) is 0 Å². The monoisotopic (exact) mass is 242 g/mol. The van der Waals surface area contributed by atoms with Gasteiger partial charge in [0.25, 0.3) is 0 Å². The third-order valence-corrected chi connectivity index (χ3v) is 2.40. The van der Waals surface area contributed by atoms with Gasteiger partial charge in [-0.15, -0.1) is 0 Å². The zero-order chi connectivity index (χ0) is 14.0. The summed E-state index contributed by atoms with van der Waals surface area (Å²) in [6.45, 7) is 13.3. The van der Waals surface area contributed by atoms with Gasteiger partial charge in [-0.25, -0.2) is 0 Å². The predicted octanol–water partition coefficient (Wildman–Crippen LogP) is 4.76. The number of allylic oxidation sites excluding steroid dienone is 4. The maximum absolute atomic E-state index is 12.0. The van der Waals surface area contributed by atoms with Gasteiger partial charge in [-0.05, 0) is 12.0 Å². The van der Waals surface area contributed by atoms with E-state index in [1.54, 1.807) is 18.2 Å². The Bertz CT molecular complexity index is 421. The Balaban J connectivity index is 0.00000137. The number of ketones is 1. The van der Waals surface area contributed by atoms with Gasteiger partial charge in [-0.3, -0.25) is 4.79 Å². The van der Waals surface area contributed by atoms with Gasteiger partial charge in [0.05, 0.1) is 0 Å². The Labute approximate surface area is 111 Å². The highest BCUT2D eigenvalue weighted by Gasteiger charge is 2.08. The third kappa shape index (κ3) is 4.54. The molecule has 0 radical (unpaired) electrons. The molecule has 0 N–H and O–H groups in total. The van der Waals surface area contributed by atoms with Gasteiger partial charge in [0, 0.05) is 11.1 Å². The SMILES string of the molecule is C=C/C=C(\C=C)C(=O)c1ccc(CC)cc1.CC. The van der Waals surface area contributed by atoms with Crippen molar-refractivity contribution in [2.24, 2.45) is 0 Å². The second kappa shape index (κ2) is 9.17.